The first-order valence-corrected chi connectivity index (χ1v) is 5.67. The quantitative estimate of drug-likeness (QED) is 0.686. The second-order valence-corrected chi connectivity index (χ2v) is 4.35. The lowest BCUT2D eigenvalue weighted by atomic mass is 9.80. The highest BCUT2D eigenvalue weighted by Crippen LogP contribution is 2.39. The molecule has 0 radical (unpaired) electrons. The minimum Gasteiger partial charge on any atom is -0.493 e. The second kappa shape index (κ2) is 3.33. The van der Waals surface area contributed by atoms with Crippen molar-refractivity contribution in [3.8, 4) is 5.75 Å². The molecule has 1 aliphatic rings. The summed E-state index contributed by atoms with van der Waals surface area (Å²) in [5.41, 5.74) is 1.58. The Morgan fingerprint density at radius 3 is 3.00 bits per heavy atom. The highest BCUT2D eigenvalue weighted by molar-refractivity contribution is 9.09. The fourth-order valence-electron chi connectivity index (χ4n) is 1.75. The van der Waals surface area contributed by atoms with Crippen molar-refractivity contribution in [1.82, 2.24) is 0 Å². The van der Waals surface area contributed by atoms with Crippen LogP contribution in [0, 0.1) is 0 Å². The van der Waals surface area contributed by atoms with E-state index in [1.54, 1.807) is 0 Å². The average molecular weight is 241 g/mol. The predicted octanol–water partition coefficient (Wildman–Crippen LogP) is 3.12. The Bertz CT molecular complexity index is 311. The Morgan fingerprint density at radius 2 is 2.23 bits per heavy atom. The fraction of sp³-hybridized carbons (Fsp3) is 0.455. The number of hydrogen-bond donors (Lipinski definition) is 0. The van der Waals surface area contributed by atoms with Crippen molar-refractivity contribution in [1.29, 1.82) is 0 Å². The molecule has 13 heavy (non-hydrogen) atoms. The van der Waals surface area contributed by atoms with E-state index in [0.717, 1.165) is 24.1 Å². The van der Waals surface area contributed by atoms with Gasteiger partial charge < -0.3 is 4.74 Å². The van der Waals surface area contributed by atoms with Gasteiger partial charge in [-0.3, -0.25) is 0 Å². The lowest BCUT2D eigenvalue weighted by Gasteiger charge is -2.34. The summed E-state index contributed by atoms with van der Waals surface area (Å²) in [6, 6.07) is 8.32. The van der Waals surface area contributed by atoms with Gasteiger partial charge in [-0.05, 0) is 12.5 Å². The summed E-state index contributed by atoms with van der Waals surface area (Å²) in [4.78, 5) is 0. The maximum Gasteiger partial charge on any atom is 0.123 e. The summed E-state index contributed by atoms with van der Waals surface area (Å²) in [6.45, 7) is 3.11. The van der Waals surface area contributed by atoms with Crippen LogP contribution >= 0.6 is 15.9 Å². The predicted molar refractivity (Wildman–Crippen MR) is 57.7 cm³/mol. The summed E-state index contributed by atoms with van der Waals surface area (Å²) in [6.07, 6.45) is 1.09. The van der Waals surface area contributed by atoms with Crippen molar-refractivity contribution in [2.24, 2.45) is 0 Å². The number of benzene rings is 1. The monoisotopic (exact) mass is 240 g/mol. The van der Waals surface area contributed by atoms with E-state index in [0.29, 0.717) is 0 Å². The smallest absolute Gasteiger partial charge is 0.123 e. The van der Waals surface area contributed by atoms with E-state index in [2.05, 4.69) is 41.1 Å². The Labute approximate surface area is 87.2 Å². The Hall–Kier alpha value is -0.500. The molecule has 0 bridgehead atoms. The third-order valence-corrected chi connectivity index (χ3v) is 3.98. The van der Waals surface area contributed by atoms with Crippen LogP contribution < -0.4 is 4.74 Å². The molecule has 70 valence electrons. The van der Waals surface area contributed by atoms with Crippen LogP contribution in [-0.2, 0) is 5.41 Å². The number of para-hydroxylation sites is 1. The summed E-state index contributed by atoms with van der Waals surface area (Å²) in [7, 11) is 0. The molecule has 0 amide bonds. The van der Waals surface area contributed by atoms with Crippen LogP contribution in [0.5, 0.6) is 5.75 Å². The van der Waals surface area contributed by atoms with E-state index in [9.17, 15) is 0 Å². The van der Waals surface area contributed by atoms with E-state index in [4.69, 9.17) is 4.74 Å². The van der Waals surface area contributed by atoms with Gasteiger partial charge >= 0.3 is 0 Å². The van der Waals surface area contributed by atoms with Crippen molar-refractivity contribution < 1.29 is 4.74 Å². The molecule has 1 atom stereocenters. The molecule has 0 aromatic heterocycles. The molecular formula is C11H13BrO. The highest BCUT2D eigenvalue weighted by Gasteiger charge is 2.31. The largest absolute Gasteiger partial charge is 0.493 e. The van der Waals surface area contributed by atoms with Crippen molar-refractivity contribution in [2.75, 3.05) is 11.9 Å². The first-order chi connectivity index (χ1) is 6.26. The number of rotatable bonds is 1. The molecule has 1 aliphatic heterocycles. The molecule has 1 heterocycles. The molecule has 0 aliphatic carbocycles. The SMILES string of the molecule is CC1(CBr)CCOc2ccccc21. The molecule has 0 N–H and O–H groups in total. The van der Waals surface area contributed by atoms with Gasteiger partial charge in [0.05, 0.1) is 6.61 Å². The zero-order valence-electron chi connectivity index (χ0n) is 7.72. The molecule has 0 saturated carbocycles. The average Bonchev–Trinajstić information content (AvgIpc) is 2.19. The lowest BCUT2D eigenvalue weighted by Crippen LogP contribution is -2.31. The first-order valence-electron chi connectivity index (χ1n) is 4.54. The van der Waals surface area contributed by atoms with Crippen molar-refractivity contribution >= 4 is 15.9 Å². The summed E-state index contributed by atoms with van der Waals surface area (Å²) in [5.74, 6) is 1.05. The van der Waals surface area contributed by atoms with Crippen LogP contribution in [0.25, 0.3) is 0 Å². The molecule has 1 aromatic rings. The van der Waals surface area contributed by atoms with Gasteiger partial charge in [0.1, 0.15) is 5.75 Å². The van der Waals surface area contributed by atoms with E-state index in [1.807, 2.05) is 6.07 Å². The lowest BCUT2D eigenvalue weighted by molar-refractivity contribution is 0.237. The third-order valence-electron chi connectivity index (χ3n) is 2.74. The van der Waals surface area contributed by atoms with Crippen LogP contribution in [0.2, 0.25) is 0 Å². The standard InChI is InChI=1S/C11H13BrO/c1-11(8-12)6-7-13-10-5-3-2-4-9(10)11/h2-5H,6-8H2,1H3. The molecule has 2 heteroatoms. The number of halogens is 1. The van der Waals surface area contributed by atoms with Crippen molar-refractivity contribution in [3.05, 3.63) is 29.8 Å². The van der Waals surface area contributed by atoms with Gasteiger partial charge in [0.15, 0.2) is 0 Å². The highest BCUT2D eigenvalue weighted by atomic mass is 79.9. The van der Waals surface area contributed by atoms with Gasteiger partial charge in [0.25, 0.3) is 0 Å². The van der Waals surface area contributed by atoms with E-state index in [1.165, 1.54) is 5.56 Å². The normalized spacial score (nSPS) is 26.3. The minimum atomic E-state index is 0.245. The fourth-order valence-corrected chi connectivity index (χ4v) is 2.33. The van der Waals surface area contributed by atoms with E-state index < -0.39 is 0 Å². The van der Waals surface area contributed by atoms with Crippen LogP contribution in [0.4, 0.5) is 0 Å². The Morgan fingerprint density at radius 1 is 1.46 bits per heavy atom. The van der Waals surface area contributed by atoms with E-state index >= 15 is 0 Å². The van der Waals surface area contributed by atoms with Crippen LogP contribution in [-0.4, -0.2) is 11.9 Å². The van der Waals surface area contributed by atoms with Gasteiger partial charge in [0.2, 0.25) is 0 Å². The van der Waals surface area contributed by atoms with Crippen molar-refractivity contribution in [2.45, 2.75) is 18.8 Å². The van der Waals surface area contributed by atoms with Crippen molar-refractivity contribution in [3.63, 3.8) is 0 Å². The van der Waals surface area contributed by atoms with Gasteiger partial charge in [-0.15, -0.1) is 0 Å². The van der Waals surface area contributed by atoms with Gasteiger partial charge in [-0.1, -0.05) is 41.1 Å². The van der Waals surface area contributed by atoms with Crippen LogP contribution in [0.1, 0.15) is 18.9 Å². The van der Waals surface area contributed by atoms with Gasteiger partial charge in [0, 0.05) is 16.3 Å². The molecule has 0 spiro atoms. The van der Waals surface area contributed by atoms with Crippen LogP contribution in [0.3, 0.4) is 0 Å². The topological polar surface area (TPSA) is 9.23 Å². The Kier molecular flexibility index (Phi) is 2.33. The zero-order chi connectivity index (χ0) is 9.31. The summed E-state index contributed by atoms with van der Waals surface area (Å²) < 4.78 is 5.60. The number of fused-ring (bicyclic) bond motifs is 1. The second-order valence-electron chi connectivity index (χ2n) is 3.79. The van der Waals surface area contributed by atoms with E-state index in [-0.39, 0.29) is 5.41 Å². The summed E-state index contributed by atoms with van der Waals surface area (Å²) >= 11 is 3.58. The molecule has 1 aromatic carbocycles. The third kappa shape index (κ3) is 1.48. The number of alkyl halides is 1. The van der Waals surface area contributed by atoms with Gasteiger partial charge in [-0.25, -0.2) is 0 Å². The maximum absolute atomic E-state index is 5.60. The molecule has 1 nitrogen and oxygen atoms in total. The molecule has 0 fully saturated rings. The molecule has 1 unspecified atom stereocenters. The zero-order valence-corrected chi connectivity index (χ0v) is 9.30. The Balaban J connectivity index is 2.48. The van der Waals surface area contributed by atoms with Gasteiger partial charge in [-0.2, -0.15) is 0 Å². The minimum absolute atomic E-state index is 0.245. The maximum atomic E-state index is 5.60. The summed E-state index contributed by atoms with van der Waals surface area (Å²) in [5, 5.41) is 1.00. The molecule has 0 saturated heterocycles. The molecular weight excluding hydrogens is 228 g/mol. The first kappa shape index (κ1) is 9.07. The van der Waals surface area contributed by atoms with Crippen LogP contribution in [0.15, 0.2) is 24.3 Å². The number of ether oxygens (including phenoxy) is 1. The molecule has 2 rings (SSSR count). The number of hydrogen-bond acceptors (Lipinski definition) is 1.